The number of fused-ring (bicyclic) bond motifs is 3. The summed E-state index contributed by atoms with van der Waals surface area (Å²) in [7, 11) is 1.52. The van der Waals surface area contributed by atoms with E-state index in [1.54, 1.807) is 12.3 Å². The molecule has 0 atom stereocenters. The lowest BCUT2D eigenvalue weighted by Crippen LogP contribution is -1.93. The van der Waals surface area contributed by atoms with E-state index in [0.29, 0.717) is 64.2 Å². The van der Waals surface area contributed by atoms with Gasteiger partial charge in [-0.05, 0) is 18.2 Å². The molecule has 4 rings (SSSR count). The van der Waals surface area contributed by atoms with Crippen LogP contribution >= 0.6 is 0 Å². The monoisotopic (exact) mass is 312 g/mol. The fraction of sp³-hybridized carbons (Fsp3) is 0.176. The number of pyridine rings is 1. The number of nitrogens with zero attached hydrogens (tertiary/aromatic N) is 1. The van der Waals surface area contributed by atoms with Crippen molar-refractivity contribution in [2.75, 3.05) is 13.7 Å². The Morgan fingerprint density at radius 1 is 1.48 bits per heavy atom. The first-order chi connectivity index (χ1) is 11.2. The smallest absolute Gasteiger partial charge is 0.221 e. The Morgan fingerprint density at radius 3 is 3.13 bits per heavy atom. The third-order valence-electron chi connectivity index (χ3n) is 4.07. The van der Waals surface area contributed by atoms with Gasteiger partial charge in [-0.2, -0.15) is 0 Å². The predicted molar refractivity (Wildman–Crippen MR) is 82.6 cm³/mol. The molecule has 0 spiro atoms. The summed E-state index contributed by atoms with van der Waals surface area (Å²) in [5.74, 6) is 0.561. The minimum atomic E-state index is -0.326. The Balaban J connectivity index is 2.14. The highest BCUT2D eigenvalue weighted by atomic mass is 19.1. The fourth-order valence-electron chi connectivity index (χ4n) is 3.12. The molecule has 0 saturated carbocycles. The van der Waals surface area contributed by atoms with E-state index < -0.39 is 0 Å². The maximum absolute atomic E-state index is 14.2. The molecule has 1 aliphatic heterocycles. The second-order valence-electron chi connectivity index (χ2n) is 5.28. The summed E-state index contributed by atoms with van der Waals surface area (Å²) < 4.78 is 25.1. The molecule has 0 fully saturated rings. The number of methoxy groups -OCH3 is 1. The van der Waals surface area contributed by atoms with Gasteiger partial charge in [-0.25, -0.2) is 9.37 Å². The first kappa shape index (κ1) is 13.8. The van der Waals surface area contributed by atoms with E-state index in [9.17, 15) is 9.18 Å². The Hall–Kier alpha value is -2.89. The average Bonchev–Trinajstić information content (AvgIpc) is 3.18. The van der Waals surface area contributed by atoms with E-state index in [4.69, 9.17) is 9.47 Å². The van der Waals surface area contributed by atoms with Crippen LogP contribution in [0.25, 0.3) is 22.0 Å². The van der Waals surface area contributed by atoms with Crippen molar-refractivity contribution >= 4 is 17.2 Å². The first-order valence-electron chi connectivity index (χ1n) is 7.19. The molecular formula is C17H13FN2O3. The summed E-state index contributed by atoms with van der Waals surface area (Å²) in [6, 6.07) is 4.98. The lowest BCUT2D eigenvalue weighted by molar-refractivity contribution is 0.112. The van der Waals surface area contributed by atoms with Gasteiger partial charge in [-0.15, -0.1) is 0 Å². The highest BCUT2D eigenvalue weighted by Gasteiger charge is 2.27. The standard InChI is InChI=1S/C17H13FN2O3/c1-22-17-10(3-2-5-19-17)14-13(8-21)20-12-7-11(18)9-4-6-23-16(9)15(12)14/h2-3,5,7-8,20H,4,6H2,1H3. The topological polar surface area (TPSA) is 64.2 Å². The molecule has 23 heavy (non-hydrogen) atoms. The molecule has 3 heterocycles. The van der Waals surface area contributed by atoms with Crippen molar-refractivity contribution in [3.8, 4) is 22.8 Å². The van der Waals surface area contributed by atoms with Crippen LogP contribution in [0.4, 0.5) is 4.39 Å². The number of benzene rings is 1. The fourth-order valence-corrected chi connectivity index (χ4v) is 3.12. The Morgan fingerprint density at radius 2 is 2.35 bits per heavy atom. The average molecular weight is 312 g/mol. The molecule has 0 unspecified atom stereocenters. The second-order valence-corrected chi connectivity index (χ2v) is 5.28. The number of H-pyrrole nitrogens is 1. The number of carbonyl (C=O) groups excluding carboxylic acids is 1. The summed E-state index contributed by atoms with van der Waals surface area (Å²) in [5.41, 5.74) is 2.68. The number of aromatic amines is 1. The number of carbonyl (C=O) groups is 1. The van der Waals surface area contributed by atoms with Crippen LogP contribution in [0.15, 0.2) is 24.4 Å². The summed E-state index contributed by atoms with van der Waals surface area (Å²) in [6.07, 6.45) is 2.84. The Labute approximate surface area is 131 Å². The third kappa shape index (κ3) is 1.91. The van der Waals surface area contributed by atoms with Gasteiger partial charge >= 0.3 is 0 Å². The lowest BCUT2D eigenvalue weighted by Gasteiger charge is -2.09. The zero-order valence-electron chi connectivity index (χ0n) is 12.4. The summed E-state index contributed by atoms with van der Waals surface area (Å²) in [4.78, 5) is 18.7. The van der Waals surface area contributed by atoms with E-state index >= 15 is 0 Å². The van der Waals surface area contributed by atoms with Gasteiger partial charge < -0.3 is 14.5 Å². The van der Waals surface area contributed by atoms with Crippen LogP contribution in [0.3, 0.4) is 0 Å². The molecule has 0 saturated heterocycles. The van der Waals surface area contributed by atoms with Crippen molar-refractivity contribution in [1.82, 2.24) is 9.97 Å². The number of hydrogen-bond acceptors (Lipinski definition) is 4. The lowest BCUT2D eigenvalue weighted by atomic mass is 10.00. The molecule has 0 aliphatic carbocycles. The van der Waals surface area contributed by atoms with Crippen molar-refractivity contribution in [3.05, 3.63) is 41.5 Å². The van der Waals surface area contributed by atoms with Gasteiger partial charge in [0.05, 0.1) is 30.3 Å². The number of aldehydes is 1. The van der Waals surface area contributed by atoms with Gasteiger partial charge in [-0.3, -0.25) is 4.79 Å². The van der Waals surface area contributed by atoms with Crippen LogP contribution in [0.1, 0.15) is 16.1 Å². The minimum Gasteiger partial charge on any atom is -0.492 e. The van der Waals surface area contributed by atoms with Crippen molar-refractivity contribution in [2.45, 2.75) is 6.42 Å². The SMILES string of the molecule is COc1ncccc1-c1c(C=O)[nH]c2cc(F)c3c(c12)OCC3. The number of hydrogen-bond donors (Lipinski definition) is 1. The normalized spacial score (nSPS) is 13.0. The summed E-state index contributed by atoms with van der Waals surface area (Å²) in [5, 5.41) is 0.687. The number of nitrogens with one attached hydrogen (secondary N) is 1. The second kappa shape index (κ2) is 5.08. The van der Waals surface area contributed by atoms with E-state index in [1.165, 1.54) is 13.2 Å². The molecule has 1 aromatic carbocycles. The highest BCUT2D eigenvalue weighted by molar-refractivity contribution is 6.08. The molecule has 1 N–H and O–H groups in total. The Kier molecular flexibility index (Phi) is 3.04. The molecule has 116 valence electrons. The van der Waals surface area contributed by atoms with E-state index in [0.717, 1.165) is 0 Å². The number of rotatable bonds is 3. The maximum Gasteiger partial charge on any atom is 0.221 e. The molecule has 2 aromatic heterocycles. The highest BCUT2D eigenvalue weighted by Crippen LogP contribution is 2.44. The van der Waals surface area contributed by atoms with Crippen LogP contribution < -0.4 is 9.47 Å². The van der Waals surface area contributed by atoms with Gasteiger partial charge in [0.25, 0.3) is 0 Å². The Bertz CT molecular complexity index is 933. The van der Waals surface area contributed by atoms with Gasteiger partial charge in [0.1, 0.15) is 11.6 Å². The minimum absolute atomic E-state index is 0.326. The quantitative estimate of drug-likeness (QED) is 0.755. The molecule has 1 aliphatic rings. The molecule has 0 bridgehead atoms. The van der Waals surface area contributed by atoms with Crippen LogP contribution in [0, 0.1) is 5.82 Å². The predicted octanol–water partition coefficient (Wildman–Crippen LogP) is 3.13. The van der Waals surface area contributed by atoms with Crippen molar-refractivity contribution in [2.24, 2.45) is 0 Å². The molecule has 0 radical (unpaired) electrons. The summed E-state index contributed by atoms with van der Waals surface area (Å²) in [6.45, 7) is 0.427. The molecule has 6 heteroatoms. The van der Waals surface area contributed by atoms with Crippen molar-refractivity contribution < 1.29 is 18.7 Å². The van der Waals surface area contributed by atoms with Crippen molar-refractivity contribution in [1.29, 1.82) is 0 Å². The van der Waals surface area contributed by atoms with Crippen LogP contribution in [0.2, 0.25) is 0 Å². The van der Waals surface area contributed by atoms with Gasteiger partial charge in [0, 0.05) is 29.3 Å². The van der Waals surface area contributed by atoms with E-state index in [2.05, 4.69) is 9.97 Å². The zero-order valence-corrected chi connectivity index (χ0v) is 12.4. The first-order valence-corrected chi connectivity index (χ1v) is 7.19. The molecule has 3 aromatic rings. The van der Waals surface area contributed by atoms with Gasteiger partial charge in [0.15, 0.2) is 6.29 Å². The van der Waals surface area contributed by atoms with Crippen LogP contribution in [-0.2, 0) is 6.42 Å². The van der Waals surface area contributed by atoms with E-state index in [-0.39, 0.29) is 5.82 Å². The van der Waals surface area contributed by atoms with E-state index in [1.807, 2.05) is 6.07 Å². The van der Waals surface area contributed by atoms with Crippen LogP contribution in [-0.4, -0.2) is 30.0 Å². The third-order valence-corrected chi connectivity index (χ3v) is 4.07. The van der Waals surface area contributed by atoms with Gasteiger partial charge in [-0.1, -0.05) is 0 Å². The zero-order chi connectivity index (χ0) is 16.0. The van der Waals surface area contributed by atoms with Gasteiger partial charge in [0.2, 0.25) is 5.88 Å². The van der Waals surface area contributed by atoms with Crippen molar-refractivity contribution in [3.63, 3.8) is 0 Å². The molecule has 5 nitrogen and oxygen atoms in total. The molecule has 0 amide bonds. The number of aromatic nitrogens is 2. The van der Waals surface area contributed by atoms with Crippen LogP contribution in [0.5, 0.6) is 11.6 Å². The summed E-state index contributed by atoms with van der Waals surface area (Å²) >= 11 is 0. The number of halogens is 1. The molecular weight excluding hydrogens is 299 g/mol. The largest absolute Gasteiger partial charge is 0.492 e. The number of ether oxygens (including phenoxy) is 2. The maximum atomic E-state index is 14.2.